The van der Waals surface area contributed by atoms with Crippen LogP contribution in [0, 0.1) is 17.8 Å². The summed E-state index contributed by atoms with van der Waals surface area (Å²) in [4.78, 5) is 18.0. The predicted molar refractivity (Wildman–Crippen MR) is 123 cm³/mol. The fourth-order valence-electron chi connectivity index (χ4n) is 5.62. The number of aromatic nitrogens is 2. The van der Waals surface area contributed by atoms with Crippen molar-refractivity contribution >= 4 is 29.4 Å². The maximum atomic E-state index is 13.4. The van der Waals surface area contributed by atoms with Crippen molar-refractivity contribution in [2.45, 2.75) is 35.8 Å². The number of carbonyl (C=O) groups is 1. The lowest BCUT2D eigenvalue weighted by molar-refractivity contribution is -0.127. The number of rotatable bonds is 5. The Kier molecular flexibility index (Phi) is 5.52. The summed E-state index contributed by atoms with van der Waals surface area (Å²) >= 11 is 4.36. The van der Waals surface area contributed by atoms with Crippen LogP contribution in [0.5, 0.6) is 5.75 Å². The van der Waals surface area contributed by atoms with Gasteiger partial charge in [-0.3, -0.25) is 4.79 Å². The van der Waals surface area contributed by atoms with E-state index in [1.165, 1.54) is 24.3 Å². The first-order valence-corrected chi connectivity index (χ1v) is 12.8. The number of carbonyl (C=O) groups excluding carboxylic acids is 1. The van der Waals surface area contributed by atoms with Crippen molar-refractivity contribution in [3.63, 3.8) is 0 Å². The van der Waals surface area contributed by atoms with Crippen molar-refractivity contribution in [2.24, 2.45) is 24.8 Å². The number of benzene rings is 1. The van der Waals surface area contributed by atoms with E-state index in [0.29, 0.717) is 15.9 Å². The molecule has 2 saturated carbocycles. The second-order valence-corrected chi connectivity index (χ2v) is 11.7. The van der Waals surface area contributed by atoms with Gasteiger partial charge in [-0.2, -0.15) is 0 Å². The molecule has 1 aliphatic heterocycles. The third kappa shape index (κ3) is 3.44. The molecule has 2 aromatic rings. The molecule has 1 spiro atoms. The van der Waals surface area contributed by atoms with Gasteiger partial charge in [-0.25, -0.2) is 4.98 Å². The lowest BCUT2D eigenvalue weighted by Crippen LogP contribution is -2.44. The minimum atomic E-state index is -0.257. The highest BCUT2D eigenvalue weighted by molar-refractivity contribution is 8.21. The van der Waals surface area contributed by atoms with E-state index in [0.717, 1.165) is 30.0 Å². The zero-order chi connectivity index (χ0) is 20.7. The second kappa shape index (κ2) is 8.15. The van der Waals surface area contributed by atoms with Crippen LogP contribution in [0.1, 0.15) is 43.1 Å². The lowest BCUT2D eigenvalue weighted by Gasteiger charge is -2.42. The molecule has 1 amide bonds. The Hall–Kier alpha value is -1.60. The maximum absolute atomic E-state index is 13.4. The number of aryl methyl sites for hydroxylation is 1. The Morgan fingerprint density at radius 2 is 1.87 bits per heavy atom. The number of hydrogen-bond donors (Lipinski definition) is 1. The Balaban J connectivity index is 1.36. The average Bonchev–Trinajstić information content (AvgIpc) is 3.45. The van der Waals surface area contributed by atoms with Crippen LogP contribution in [0.3, 0.4) is 0 Å². The van der Waals surface area contributed by atoms with Crippen molar-refractivity contribution in [1.82, 2.24) is 14.9 Å². The molecule has 4 atom stereocenters. The Morgan fingerprint density at radius 3 is 2.43 bits per heavy atom. The van der Waals surface area contributed by atoms with Crippen molar-refractivity contribution in [1.29, 1.82) is 0 Å². The van der Waals surface area contributed by atoms with Crippen LogP contribution in [0.2, 0.25) is 0 Å². The number of nitrogens with one attached hydrogen (secondary N) is 1. The van der Waals surface area contributed by atoms with E-state index < -0.39 is 0 Å². The van der Waals surface area contributed by atoms with Gasteiger partial charge in [0.25, 0.3) is 0 Å². The first-order chi connectivity index (χ1) is 14.6. The summed E-state index contributed by atoms with van der Waals surface area (Å²) in [6.07, 6.45) is 8.34. The fourth-order valence-corrected chi connectivity index (χ4v) is 9.56. The highest BCUT2D eigenvalue weighted by Crippen LogP contribution is 2.65. The summed E-state index contributed by atoms with van der Waals surface area (Å²) in [7, 11) is 3.64. The minimum Gasteiger partial charge on any atom is -0.497 e. The van der Waals surface area contributed by atoms with Crippen LogP contribution in [-0.4, -0.2) is 38.2 Å². The number of imidazole rings is 1. The topological polar surface area (TPSA) is 56.1 Å². The molecular weight excluding hydrogens is 414 g/mol. The molecule has 1 aromatic heterocycles. The van der Waals surface area contributed by atoms with Crippen molar-refractivity contribution < 1.29 is 9.53 Å². The maximum Gasteiger partial charge on any atom is 0.223 e. The number of hydrogen-bond acceptors (Lipinski definition) is 5. The van der Waals surface area contributed by atoms with E-state index in [4.69, 9.17) is 4.74 Å². The van der Waals surface area contributed by atoms with E-state index in [-0.39, 0.29) is 17.9 Å². The highest BCUT2D eigenvalue weighted by atomic mass is 32.2. The zero-order valence-corrected chi connectivity index (χ0v) is 19.2. The normalized spacial score (nSPS) is 27.9. The van der Waals surface area contributed by atoms with Gasteiger partial charge in [-0.05, 0) is 55.2 Å². The molecule has 2 heterocycles. The van der Waals surface area contributed by atoms with Crippen LogP contribution >= 0.6 is 23.5 Å². The number of thioether (sulfide) groups is 2. The van der Waals surface area contributed by atoms with E-state index >= 15 is 0 Å². The third-order valence-corrected chi connectivity index (χ3v) is 11.1. The second-order valence-electron chi connectivity index (χ2n) is 8.67. The smallest absolute Gasteiger partial charge is 0.223 e. The molecule has 160 valence electrons. The Labute approximate surface area is 186 Å². The molecule has 3 aliphatic rings. The summed E-state index contributed by atoms with van der Waals surface area (Å²) < 4.78 is 7.70. The van der Waals surface area contributed by atoms with Gasteiger partial charge in [0, 0.05) is 36.9 Å². The molecule has 0 radical (unpaired) electrons. The number of ether oxygens (including phenoxy) is 1. The van der Waals surface area contributed by atoms with Gasteiger partial charge in [0.05, 0.1) is 11.2 Å². The molecule has 1 unspecified atom stereocenters. The molecule has 1 saturated heterocycles. The predicted octanol–water partition coefficient (Wildman–Crippen LogP) is 4.25. The third-order valence-electron chi connectivity index (χ3n) is 7.10. The summed E-state index contributed by atoms with van der Waals surface area (Å²) in [6, 6.07) is 7.66. The van der Waals surface area contributed by atoms with E-state index in [9.17, 15) is 4.79 Å². The lowest BCUT2D eigenvalue weighted by atomic mass is 9.79. The molecule has 3 fully saturated rings. The molecule has 1 aromatic carbocycles. The first kappa shape index (κ1) is 20.3. The van der Waals surface area contributed by atoms with Gasteiger partial charge in [0.2, 0.25) is 5.91 Å². The number of nitrogens with zero attached hydrogens (tertiary/aromatic N) is 2. The van der Waals surface area contributed by atoms with E-state index in [1.54, 1.807) is 13.3 Å². The monoisotopic (exact) mass is 443 g/mol. The fraction of sp³-hybridized carbons (Fsp3) is 0.565. The van der Waals surface area contributed by atoms with Gasteiger partial charge in [-0.15, -0.1) is 23.5 Å². The summed E-state index contributed by atoms with van der Waals surface area (Å²) in [5.74, 6) is 5.85. The van der Waals surface area contributed by atoms with Crippen LogP contribution in [0.4, 0.5) is 0 Å². The number of methoxy groups -OCH3 is 1. The molecule has 2 bridgehead atoms. The van der Waals surface area contributed by atoms with Gasteiger partial charge >= 0.3 is 0 Å². The van der Waals surface area contributed by atoms with E-state index in [2.05, 4.69) is 33.8 Å². The average molecular weight is 444 g/mol. The zero-order valence-electron chi connectivity index (χ0n) is 17.5. The molecule has 30 heavy (non-hydrogen) atoms. The van der Waals surface area contributed by atoms with E-state index in [1.807, 2.05) is 42.1 Å². The van der Waals surface area contributed by atoms with Crippen LogP contribution in [0.15, 0.2) is 36.7 Å². The quantitative estimate of drug-likeness (QED) is 0.749. The number of amides is 1. The molecular formula is C23H29N3O2S2. The Morgan fingerprint density at radius 1 is 1.20 bits per heavy atom. The molecule has 2 aliphatic carbocycles. The summed E-state index contributed by atoms with van der Waals surface area (Å²) in [5, 5.41) is 3.35. The van der Waals surface area contributed by atoms with Crippen LogP contribution in [0.25, 0.3) is 0 Å². The molecule has 5 nitrogen and oxygen atoms in total. The molecule has 5 rings (SSSR count). The highest BCUT2D eigenvalue weighted by Gasteiger charge is 2.57. The SMILES string of the molecule is COc1ccc([C@@H](NC(=O)C2C[C@H]3CC[C@@H](C2)C32SCCS2)c2nccn2C)cc1. The van der Waals surface area contributed by atoms with Gasteiger partial charge in [0.1, 0.15) is 17.6 Å². The Bertz CT molecular complexity index is 891. The summed E-state index contributed by atoms with van der Waals surface area (Å²) in [6.45, 7) is 0. The minimum absolute atomic E-state index is 0.107. The summed E-state index contributed by atoms with van der Waals surface area (Å²) in [5.41, 5.74) is 1.02. The molecule has 7 heteroatoms. The van der Waals surface area contributed by atoms with Crippen molar-refractivity contribution in [3.8, 4) is 5.75 Å². The van der Waals surface area contributed by atoms with Crippen molar-refractivity contribution in [2.75, 3.05) is 18.6 Å². The van der Waals surface area contributed by atoms with Gasteiger partial charge in [0.15, 0.2) is 0 Å². The first-order valence-electron chi connectivity index (χ1n) is 10.8. The van der Waals surface area contributed by atoms with Crippen molar-refractivity contribution in [3.05, 3.63) is 48.0 Å². The standard InChI is InChI=1S/C23H29N3O2S2/c1-26-10-9-24-21(26)20(15-3-7-19(28-2)8-4-15)25-22(27)16-13-17-5-6-18(14-16)23(17)29-11-12-30-23/h3-4,7-10,16-18,20H,5-6,11-14H2,1-2H3,(H,25,27)/t16?,17-,18+,20-/m1/s1. The van der Waals surface area contributed by atoms with Gasteiger partial charge in [-0.1, -0.05) is 12.1 Å². The largest absolute Gasteiger partial charge is 0.497 e. The van der Waals surface area contributed by atoms with Gasteiger partial charge < -0.3 is 14.6 Å². The molecule has 1 N–H and O–H groups in total. The van der Waals surface area contributed by atoms with Crippen LogP contribution in [-0.2, 0) is 11.8 Å². The van der Waals surface area contributed by atoms with Crippen LogP contribution < -0.4 is 10.1 Å².